The topological polar surface area (TPSA) is 103 Å². The van der Waals surface area contributed by atoms with Gasteiger partial charge in [-0.25, -0.2) is 9.37 Å². The van der Waals surface area contributed by atoms with E-state index < -0.39 is 4.92 Å². The van der Waals surface area contributed by atoms with Crippen LogP contribution in [0, 0.1) is 15.9 Å². The minimum absolute atomic E-state index is 0.0850. The third-order valence-electron chi connectivity index (χ3n) is 5.61. The standard InChI is InChI=1S/C21H18FN5O4/c22-15-3-1-13(2-4-15)17-5-6-19(27(29)30)18(24-17)7-21(28)25-9-14-8-23-26(20(14)10-25)16-11-31-12-16/h1-6,8,16H,7,9-12H2. The first-order chi connectivity index (χ1) is 15.0. The Morgan fingerprint density at radius 3 is 2.65 bits per heavy atom. The van der Waals surface area contributed by atoms with Gasteiger partial charge in [0.1, 0.15) is 11.5 Å². The number of carbonyl (C=O) groups is 1. The highest BCUT2D eigenvalue weighted by atomic mass is 19.1. The molecule has 158 valence electrons. The Hall–Kier alpha value is -3.66. The average molecular weight is 423 g/mol. The summed E-state index contributed by atoms with van der Waals surface area (Å²) in [5.41, 5.74) is 2.88. The molecular weight excluding hydrogens is 405 g/mol. The largest absolute Gasteiger partial charge is 0.377 e. The van der Waals surface area contributed by atoms with E-state index in [0.29, 0.717) is 37.6 Å². The van der Waals surface area contributed by atoms with Crippen molar-refractivity contribution in [2.24, 2.45) is 0 Å². The van der Waals surface area contributed by atoms with Crippen molar-refractivity contribution >= 4 is 11.6 Å². The molecule has 0 bridgehead atoms. The van der Waals surface area contributed by atoms with E-state index in [1.165, 1.54) is 24.3 Å². The summed E-state index contributed by atoms with van der Waals surface area (Å²) in [5, 5.41) is 15.9. The van der Waals surface area contributed by atoms with E-state index in [9.17, 15) is 19.3 Å². The molecule has 2 aliphatic rings. The molecule has 31 heavy (non-hydrogen) atoms. The number of carbonyl (C=O) groups excluding carboxylic acids is 1. The number of rotatable bonds is 5. The molecule has 5 rings (SSSR count). The number of nitro groups is 1. The zero-order valence-electron chi connectivity index (χ0n) is 16.4. The molecule has 1 amide bonds. The van der Waals surface area contributed by atoms with Gasteiger partial charge in [-0.05, 0) is 30.3 Å². The third kappa shape index (κ3) is 3.55. The molecule has 2 aliphatic heterocycles. The van der Waals surface area contributed by atoms with Crippen molar-refractivity contribution in [2.75, 3.05) is 13.2 Å². The molecule has 1 aromatic carbocycles. The average Bonchev–Trinajstić information content (AvgIpc) is 3.29. The van der Waals surface area contributed by atoms with Gasteiger partial charge in [0.15, 0.2) is 0 Å². The number of hydrogen-bond acceptors (Lipinski definition) is 6. The van der Waals surface area contributed by atoms with Crippen molar-refractivity contribution in [3.8, 4) is 11.3 Å². The summed E-state index contributed by atoms with van der Waals surface area (Å²) in [6.07, 6.45) is 1.56. The summed E-state index contributed by atoms with van der Waals surface area (Å²) in [4.78, 5) is 29.9. The van der Waals surface area contributed by atoms with Crippen LogP contribution < -0.4 is 0 Å². The quantitative estimate of drug-likeness (QED) is 0.462. The molecule has 0 unspecified atom stereocenters. The fraction of sp³-hybridized carbons (Fsp3) is 0.286. The number of benzene rings is 1. The Morgan fingerprint density at radius 1 is 1.19 bits per heavy atom. The second-order valence-electron chi connectivity index (χ2n) is 7.61. The van der Waals surface area contributed by atoms with Gasteiger partial charge in [0.2, 0.25) is 5.91 Å². The Balaban J connectivity index is 1.37. The molecule has 10 heteroatoms. The minimum Gasteiger partial charge on any atom is -0.377 e. The summed E-state index contributed by atoms with van der Waals surface area (Å²) in [6.45, 7) is 2.02. The van der Waals surface area contributed by atoms with E-state index in [-0.39, 0.29) is 35.6 Å². The second kappa shape index (κ2) is 7.55. The molecule has 3 aromatic rings. The molecule has 0 atom stereocenters. The summed E-state index contributed by atoms with van der Waals surface area (Å²) in [5.74, 6) is -0.638. The molecular formula is C21H18FN5O4. The molecule has 1 saturated heterocycles. The molecule has 9 nitrogen and oxygen atoms in total. The van der Waals surface area contributed by atoms with E-state index in [0.717, 1.165) is 11.3 Å². The van der Waals surface area contributed by atoms with Crippen LogP contribution in [0.3, 0.4) is 0 Å². The first-order valence-electron chi connectivity index (χ1n) is 9.80. The van der Waals surface area contributed by atoms with Crippen molar-refractivity contribution < 1.29 is 18.8 Å². The van der Waals surface area contributed by atoms with Crippen LogP contribution in [0.1, 0.15) is 23.0 Å². The predicted molar refractivity (Wildman–Crippen MR) is 106 cm³/mol. The number of hydrogen-bond donors (Lipinski definition) is 0. The number of pyridine rings is 1. The van der Waals surface area contributed by atoms with Crippen LogP contribution >= 0.6 is 0 Å². The highest BCUT2D eigenvalue weighted by molar-refractivity contribution is 5.80. The summed E-state index contributed by atoms with van der Waals surface area (Å²) in [7, 11) is 0. The Labute approximate surface area is 176 Å². The Morgan fingerprint density at radius 2 is 1.97 bits per heavy atom. The summed E-state index contributed by atoms with van der Waals surface area (Å²) in [6, 6.07) is 8.70. The van der Waals surface area contributed by atoms with Crippen LogP contribution in [-0.4, -0.2) is 43.7 Å². The molecule has 1 fully saturated rings. The lowest BCUT2D eigenvalue weighted by atomic mass is 10.1. The minimum atomic E-state index is -0.544. The maximum absolute atomic E-state index is 13.2. The number of halogens is 1. The fourth-order valence-corrected chi connectivity index (χ4v) is 3.85. The van der Waals surface area contributed by atoms with Crippen LogP contribution in [0.15, 0.2) is 42.6 Å². The molecule has 0 radical (unpaired) electrons. The van der Waals surface area contributed by atoms with Crippen LogP contribution in [0.25, 0.3) is 11.3 Å². The van der Waals surface area contributed by atoms with Crippen molar-refractivity contribution in [1.82, 2.24) is 19.7 Å². The fourth-order valence-electron chi connectivity index (χ4n) is 3.85. The zero-order valence-corrected chi connectivity index (χ0v) is 16.4. The summed E-state index contributed by atoms with van der Waals surface area (Å²) < 4.78 is 20.3. The van der Waals surface area contributed by atoms with Crippen LogP contribution in [0.4, 0.5) is 10.1 Å². The normalized spacial score (nSPS) is 15.6. The lowest BCUT2D eigenvalue weighted by Gasteiger charge is -2.28. The first-order valence-corrected chi connectivity index (χ1v) is 9.80. The second-order valence-corrected chi connectivity index (χ2v) is 7.61. The van der Waals surface area contributed by atoms with Gasteiger partial charge in [0, 0.05) is 23.7 Å². The highest BCUT2D eigenvalue weighted by Crippen LogP contribution is 2.29. The Bertz CT molecular complexity index is 1170. The van der Waals surface area contributed by atoms with Gasteiger partial charge >= 0.3 is 0 Å². The van der Waals surface area contributed by atoms with Crippen molar-refractivity contribution in [2.45, 2.75) is 25.6 Å². The van der Waals surface area contributed by atoms with Gasteiger partial charge in [0.25, 0.3) is 5.69 Å². The number of ether oxygens (including phenoxy) is 1. The van der Waals surface area contributed by atoms with Gasteiger partial charge in [-0.15, -0.1) is 0 Å². The first kappa shape index (κ1) is 19.3. The highest BCUT2D eigenvalue weighted by Gasteiger charge is 2.32. The van der Waals surface area contributed by atoms with Gasteiger partial charge in [0.05, 0.1) is 54.7 Å². The third-order valence-corrected chi connectivity index (χ3v) is 5.61. The van der Waals surface area contributed by atoms with Crippen LogP contribution in [-0.2, 0) is 29.0 Å². The number of amides is 1. The maximum Gasteiger partial charge on any atom is 0.291 e. The van der Waals surface area contributed by atoms with Crippen molar-refractivity contribution in [3.63, 3.8) is 0 Å². The smallest absolute Gasteiger partial charge is 0.291 e. The van der Waals surface area contributed by atoms with Crippen LogP contribution in [0.5, 0.6) is 0 Å². The number of fused-ring (bicyclic) bond motifs is 1. The molecule has 0 saturated carbocycles. The van der Waals surface area contributed by atoms with Crippen LogP contribution in [0.2, 0.25) is 0 Å². The maximum atomic E-state index is 13.2. The van der Waals surface area contributed by atoms with Gasteiger partial charge in [-0.2, -0.15) is 5.10 Å². The number of aromatic nitrogens is 3. The molecule has 0 aliphatic carbocycles. The van der Waals surface area contributed by atoms with E-state index >= 15 is 0 Å². The van der Waals surface area contributed by atoms with E-state index in [1.54, 1.807) is 23.2 Å². The van der Waals surface area contributed by atoms with Crippen molar-refractivity contribution in [3.05, 3.63) is 75.5 Å². The molecule has 0 N–H and O–H groups in total. The lowest BCUT2D eigenvalue weighted by Crippen LogP contribution is -2.33. The van der Waals surface area contributed by atoms with Gasteiger partial charge in [-0.1, -0.05) is 0 Å². The Kier molecular flexibility index (Phi) is 4.70. The van der Waals surface area contributed by atoms with E-state index in [1.807, 2.05) is 4.68 Å². The van der Waals surface area contributed by atoms with E-state index in [4.69, 9.17) is 4.74 Å². The monoisotopic (exact) mass is 423 g/mol. The van der Waals surface area contributed by atoms with E-state index in [2.05, 4.69) is 10.1 Å². The van der Waals surface area contributed by atoms with Crippen molar-refractivity contribution in [1.29, 1.82) is 0 Å². The molecule has 0 spiro atoms. The molecule has 2 aromatic heterocycles. The summed E-state index contributed by atoms with van der Waals surface area (Å²) >= 11 is 0. The van der Waals surface area contributed by atoms with Gasteiger partial charge < -0.3 is 9.64 Å². The molecule has 4 heterocycles. The lowest BCUT2D eigenvalue weighted by molar-refractivity contribution is -0.385. The van der Waals surface area contributed by atoms with Gasteiger partial charge in [-0.3, -0.25) is 19.6 Å². The number of nitrogens with zero attached hydrogens (tertiary/aromatic N) is 5. The SMILES string of the molecule is O=C(Cc1nc(-c2ccc(F)cc2)ccc1[N+](=O)[O-])N1Cc2cnn(C3COC3)c2C1. The zero-order chi connectivity index (χ0) is 21.5. The predicted octanol–water partition coefficient (Wildman–Crippen LogP) is 2.65.